The van der Waals surface area contributed by atoms with Crippen LogP contribution in [-0.2, 0) is 0 Å². The van der Waals surface area contributed by atoms with Crippen LogP contribution in [0.3, 0.4) is 0 Å². The van der Waals surface area contributed by atoms with Crippen LogP contribution >= 0.6 is 24.8 Å². The summed E-state index contributed by atoms with van der Waals surface area (Å²) in [5.41, 5.74) is 1.07. The molecule has 168 valence electrons. The van der Waals surface area contributed by atoms with Crippen molar-refractivity contribution in [3.63, 3.8) is 0 Å². The van der Waals surface area contributed by atoms with E-state index < -0.39 is 0 Å². The van der Waals surface area contributed by atoms with Crippen molar-refractivity contribution in [1.29, 1.82) is 0 Å². The van der Waals surface area contributed by atoms with Gasteiger partial charge in [-0.25, -0.2) is 4.98 Å². The maximum Gasteiger partial charge on any atom is 0.200 e. The van der Waals surface area contributed by atoms with Crippen LogP contribution in [0.2, 0.25) is 0 Å². The Hall–Kier alpha value is -2.80. The second-order valence-electron chi connectivity index (χ2n) is 7.43. The zero-order valence-corrected chi connectivity index (χ0v) is 19.1. The molecule has 0 radical (unpaired) electrons. The first-order valence-electron chi connectivity index (χ1n) is 10.3. The molecule has 6 nitrogen and oxygen atoms in total. The maximum absolute atomic E-state index is 12.8. The van der Waals surface area contributed by atoms with Crippen LogP contribution < -0.4 is 15.1 Å². The lowest BCUT2D eigenvalue weighted by molar-refractivity contribution is 0.200. The number of piperazine rings is 1. The largest absolute Gasteiger partial charge is 0.488 e. The lowest BCUT2D eigenvalue weighted by Crippen LogP contribution is -2.47. The molecule has 0 bridgehead atoms. The monoisotopic (exact) mass is 473 g/mol. The highest BCUT2D eigenvalue weighted by atomic mass is 35.5. The minimum atomic E-state index is -0.0251. The van der Waals surface area contributed by atoms with E-state index in [9.17, 15) is 4.79 Å². The van der Waals surface area contributed by atoms with Gasteiger partial charge in [0, 0.05) is 38.9 Å². The molecular formula is C24H25Cl2N3O3. The van der Waals surface area contributed by atoms with Gasteiger partial charge >= 0.3 is 0 Å². The molecule has 4 aromatic rings. The number of ether oxygens (including phenoxy) is 1. The summed E-state index contributed by atoms with van der Waals surface area (Å²) in [6.07, 6.45) is 1.83. The molecule has 8 heteroatoms. The minimum absolute atomic E-state index is 0. The maximum atomic E-state index is 12.8. The normalized spacial score (nSPS) is 14.1. The van der Waals surface area contributed by atoms with E-state index >= 15 is 0 Å². The highest BCUT2D eigenvalue weighted by Gasteiger charge is 2.18. The molecule has 0 N–H and O–H groups in total. The molecule has 1 aliphatic rings. The standard InChI is InChI=1S/C24H23N3O3.2ClH/c28-23-18-6-1-2-8-20(18)30-24-19(23)7-5-9-21(24)29-17-16-26-12-14-27(15-13-26)22-10-3-4-11-25-22;;/h1-11H,12-17H2;2*1H. The first-order valence-corrected chi connectivity index (χ1v) is 10.3. The van der Waals surface area contributed by atoms with Crippen molar-refractivity contribution in [2.24, 2.45) is 0 Å². The van der Waals surface area contributed by atoms with Crippen molar-refractivity contribution >= 4 is 52.6 Å². The van der Waals surface area contributed by atoms with Gasteiger partial charge in [0.15, 0.2) is 11.3 Å². The number of hydrogen-bond acceptors (Lipinski definition) is 6. The molecule has 0 amide bonds. The van der Waals surface area contributed by atoms with E-state index in [1.807, 2.05) is 48.7 Å². The van der Waals surface area contributed by atoms with Gasteiger partial charge in [0.05, 0.1) is 10.8 Å². The molecule has 3 heterocycles. The Morgan fingerprint density at radius 2 is 1.62 bits per heavy atom. The average molecular weight is 474 g/mol. The lowest BCUT2D eigenvalue weighted by Gasteiger charge is -2.35. The Bertz CT molecular complexity index is 1230. The van der Waals surface area contributed by atoms with E-state index in [-0.39, 0.29) is 30.2 Å². The van der Waals surface area contributed by atoms with Crippen molar-refractivity contribution in [3.8, 4) is 5.75 Å². The lowest BCUT2D eigenvalue weighted by atomic mass is 10.1. The number of aromatic nitrogens is 1. The Balaban J connectivity index is 0.00000144. The number of anilines is 1. The average Bonchev–Trinajstić information content (AvgIpc) is 2.81. The van der Waals surface area contributed by atoms with Crippen molar-refractivity contribution in [3.05, 3.63) is 77.1 Å². The van der Waals surface area contributed by atoms with Crippen LogP contribution in [0.5, 0.6) is 5.75 Å². The molecule has 1 aliphatic heterocycles. The van der Waals surface area contributed by atoms with Crippen LogP contribution in [0.25, 0.3) is 21.9 Å². The third-order valence-electron chi connectivity index (χ3n) is 5.58. The van der Waals surface area contributed by atoms with E-state index in [1.54, 1.807) is 12.1 Å². The van der Waals surface area contributed by atoms with E-state index in [4.69, 9.17) is 9.15 Å². The molecule has 0 atom stereocenters. The Labute approximate surface area is 198 Å². The third-order valence-corrected chi connectivity index (χ3v) is 5.58. The first-order chi connectivity index (χ1) is 14.8. The van der Waals surface area contributed by atoms with Crippen molar-refractivity contribution in [2.45, 2.75) is 0 Å². The summed E-state index contributed by atoms with van der Waals surface area (Å²) in [7, 11) is 0. The topological polar surface area (TPSA) is 58.8 Å². The fourth-order valence-electron chi connectivity index (χ4n) is 3.94. The second-order valence-corrected chi connectivity index (χ2v) is 7.43. The Morgan fingerprint density at radius 1 is 0.875 bits per heavy atom. The number of halogens is 2. The predicted molar refractivity (Wildman–Crippen MR) is 133 cm³/mol. The molecule has 0 unspecified atom stereocenters. The fraction of sp³-hybridized carbons (Fsp3) is 0.250. The van der Waals surface area contributed by atoms with Gasteiger partial charge in [0.1, 0.15) is 18.0 Å². The van der Waals surface area contributed by atoms with Gasteiger partial charge in [-0.05, 0) is 36.4 Å². The van der Waals surface area contributed by atoms with Crippen molar-refractivity contribution in [2.75, 3.05) is 44.2 Å². The number of rotatable bonds is 5. The van der Waals surface area contributed by atoms with Crippen molar-refractivity contribution < 1.29 is 9.15 Å². The van der Waals surface area contributed by atoms with Crippen LogP contribution in [0.4, 0.5) is 5.82 Å². The molecular weight excluding hydrogens is 449 g/mol. The number of benzene rings is 2. The summed E-state index contributed by atoms with van der Waals surface area (Å²) in [5.74, 6) is 1.65. The molecule has 2 aromatic heterocycles. The van der Waals surface area contributed by atoms with Gasteiger partial charge in [-0.2, -0.15) is 0 Å². The summed E-state index contributed by atoms with van der Waals surface area (Å²) in [6.45, 7) is 5.20. The smallest absolute Gasteiger partial charge is 0.200 e. The Kier molecular flexibility index (Phi) is 7.96. The van der Waals surface area contributed by atoms with Gasteiger partial charge in [-0.1, -0.05) is 24.3 Å². The molecule has 2 aromatic carbocycles. The predicted octanol–water partition coefficient (Wildman–Crippen LogP) is 4.39. The number of fused-ring (bicyclic) bond motifs is 2. The summed E-state index contributed by atoms with van der Waals surface area (Å²) in [4.78, 5) is 21.9. The van der Waals surface area contributed by atoms with Gasteiger partial charge in [-0.15, -0.1) is 24.8 Å². The SMILES string of the molecule is Cl.Cl.O=c1c2ccccc2oc2c(OCCN3CCN(c4ccccn4)CC3)cccc12. The van der Waals surface area contributed by atoms with Crippen LogP contribution in [-0.4, -0.2) is 49.2 Å². The van der Waals surface area contributed by atoms with Crippen molar-refractivity contribution in [1.82, 2.24) is 9.88 Å². The summed E-state index contributed by atoms with van der Waals surface area (Å²) in [6, 6.07) is 18.8. The zero-order chi connectivity index (χ0) is 20.3. The Morgan fingerprint density at radius 3 is 2.41 bits per heavy atom. The molecule has 1 saturated heterocycles. The fourth-order valence-corrected chi connectivity index (χ4v) is 3.94. The number of para-hydroxylation sites is 2. The quantitative estimate of drug-likeness (QED) is 0.400. The third kappa shape index (κ3) is 4.83. The summed E-state index contributed by atoms with van der Waals surface area (Å²) < 4.78 is 12.0. The van der Waals surface area contributed by atoms with E-state index in [0.29, 0.717) is 34.3 Å². The molecule has 1 fully saturated rings. The number of hydrogen-bond donors (Lipinski definition) is 0. The summed E-state index contributed by atoms with van der Waals surface area (Å²) >= 11 is 0. The highest BCUT2D eigenvalue weighted by molar-refractivity contribution is 5.92. The van der Waals surface area contributed by atoms with Crippen LogP contribution in [0, 0.1) is 0 Å². The number of pyridine rings is 1. The van der Waals surface area contributed by atoms with Gasteiger partial charge in [-0.3, -0.25) is 9.69 Å². The molecule has 0 spiro atoms. The number of nitrogens with zero attached hydrogens (tertiary/aromatic N) is 3. The van der Waals surface area contributed by atoms with Crippen LogP contribution in [0.15, 0.2) is 76.1 Å². The van der Waals surface area contributed by atoms with Gasteiger partial charge in [0.2, 0.25) is 5.43 Å². The van der Waals surface area contributed by atoms with E-state index in [1.165, 1.54) is 0 Å². The van der Waals surface area contributed by atoms with Gasteiger partial charge in [0.25, 0.3) is 0 Å². The second kappa shape index (κ2) is 10.7. The van der Waals surface area contributed by atoms with Crippen LogP contribution in [0.1, 0.15) is 0 Å². The van der Waals surface area contributed by atoms with E-state index in [0.717, 1.165) is 38.5 Å². The van der Waals surface area contributed by atoms with E-state index in [2.05, 4.69) is 20.9 Å². The molecule has 32 heavy (non-hydrogen) atoms. The molecule has 0 aliphatic carbocycles. The first kappa shape index (κ1) is 23.9. The molecule has 0 saturated carbocycles. The minimum Gasteiger partial charge on any atom is -0.488 e. The highest BCUT2D eigenvalue weighted by Crippen LogP contribution is 2.27. The summed E-state index contributed by atoms with van der Waals surface area (Å²) in [5, 5.41) is 1.14. The van der Waals surface area contributed by atoms with Gasteiger partial charge < -0.3 is 14.1 Å². The zero-order valence-electron chi connectivity index (χ0n) is 17.5. The molecule has 5 rings (SSSR count).